The van der Waals surface area contributed by atoms with E-state index < -0.39 is 18.4 Å². The quantitative estimate of drug-likeness (QED) is 0.384. The third-order valence-corrected chi connectivity index (χ3v) is 9.85. The molecule has 1 aliphatic rings. The summed E-state index contributed by atoms with van der Waals surface area (Å²) < 4.78 is 1.43. The molecule has 3 nitrogen and oxygen atoms in total. The molecule has 2 aromatic carbocycles. The number of oxime groups is 1. The molecule has 0 fully saturated rings. The first-order valence-corrected chi connectivity index (χ1v) is 17.3. The van der Waals surface area contributed by atoms with E-state index >= 15 is 0 Å². The van der Waals surface area contributed by atoms with Crippen LogP contribution in [-0.4, -0.2) is 37.5 Å². The van der Waals surface area contributed by atoms with Crippen LogP contribution in [0.3, 0.4) is 0 Å². The summed E-state index contributed by atoms with van der Waals surface area (Å²) in [7, 11) is 1.52. The molecule has 0 spiro atoms. The van der Waals surface area contributed by atoms with Crippen molar-refractivity contribution in [3.05, 3.63) is 53.1 Å². The summed E-state index contributed by atoms with van der Waals surface area (Å²) in [5.74, 6) is 0.121. The van der Waals surface area contributed by atoms with Crippen molar-refractivity contribution in [1.82, 2.24) is 0 Å². The van der Waals surface area contributed by atoms with Crippen LogP contribution in [0.4, 0.5) is 0 Å². The summed E-state index contributed by atoms with van der Waals surface area (Å²) in [6, 6.07) is 12.2. The molecular weight excluding hydrogens is 381 g/mol. The van der Waals surface area contributed by atoms with Crippen molar-refractivity contribution < 1.29 is 9.63 Å². The number of rotatable bonds is 3. The number of ketones is 1. The standard InChI is InChI=1S/C15H10NO2.3CH3.Sn/c1-18-16-9-10-6-7-13-14(8-10)11-4-2-3-5-12(11)15(13)17;;;;/h3-9H,1H3;3*1H3;/b16-9+;;;;. The van der Waals surface area contributed by atoms with Crippen LogP contribution >= 0.6 is 0 Å². The van der Waals surface area contributed by atoms with Crippen molar-refractivity contribution >= 4 is 34.0 Å². The van der Waals surface area contributed by atoms with Crippen LogP contribution in [0.1, 0.15) is 21.5 Å². The van der Waals surface area contributed by atoms with E-state index in [1.165, 1.54) is 10.7 Å². The number of carbonyl (C=O) groups is 1. The number of benzene rings is 2. The Bertz CT molecular complexity index is 788. The van der Waals surface area contributed by atoms with Gasteiger partial charge in [-0.3, -0.25) is 0 Å². The Hall–Kier alpha value is -1.62. The molecule has 0 atom stereocenters. The van der Waals surface area contributed by atoms with Crippen LogP contribution in [0, 0.1) is 0 Å². The molecule has 0 amide bonds. The van der Waals surface area contributed by atoms with Gasteiger partial charge in [0.15, 0.2) is 0 Å². The first-order valence-electron chi connectivity index (χ1n) is 7.32. The molecule has 112 valence electrons. The van der Waals surface area contributed by atoms with Gasteiger partial charge in [0.1, 0.15) is 0 Å². The van der Waals surface area contributed by atoms with E-state index in [9.17, 15) is 4.79 Å². The molecule has 22 heavy (non-hydrogen) atoms. The van der Waals surface area contributed by atoms with E-state index in [2.05, 4.69) is 32.1 Å². The van der Waals surface area contributed by atoms with Gasteiger partial charge in [-0.25, -0.2) is 0 Å². The average molecular weight is 400 g/mol. The fourth-order valence-corrected chi connectivity index (χ4v) is 6.07. The van der Waals surface area contributed by atoms with Crippen molar-refractivity contribution in [3.63, 3.8) is 0 Å². The Balaban J connectivity index is 2.16. The number of nitrogens with zero attached hydrogens (tertiary/aromatic N) is 1. The van der Waals surface area contributed by atoms with Crippen molar-refractivity contribution in [2.45, 2.75) is 14.8 Å². The Morgan fingerprint density at radius 2 is 1.59 bits per heavy atom. The van der Waals surface area contributed by atoms with Crippen LogP contribution in [0.2, 0.25) is 14.8 Å². The van der Waals surface area contributed by atoms with E-state index in [1.807, 2.05) is 24.3 Å². The van der Waals surface area contributed by atoms with Gasteiger partial charge in [-0.15, -0.1) is 0 Å². The molecule has 0 unspecified atom stereocenters. The molecule has 0 N–H and O–H groups in total. The Morgan fingerprint density at radius 1 is 0.955 bits per heavy atom. The summed E-state index contributed by atoms with van der Waals surface area (Å²) in [4.78, 5) is 24.4. The van der Waals surface area contributed by atoms with Gasteiger partial charge < -0.3 is 0 Å². The molecule has 0 radical (unpaired) electrons. The monoisotopic (exact) mass is 401 g/mol. The van der Waals surface area contributed by atoms with E-state index in [1.54, 1.807) is 6.21 Å². The molecule has 4 heteroatoms. The fourth-order valence-electron chi connectivity index (χ4n) is 2.75. The number of carbonyl (C=O) groups excluding carboxylic acids is 1. The number of hydrogen-bond donors (Lipinski definition) is 0. The van der Waals surface area contributed by atoms with Gasteiger partial charge >= 0.3 is 135 Å². The molecular formula is C18H19NO2Sn. The summed E-state index contributed by atoms with van der Waals surface area (Å²) >= 11 is -2.16. The predicted molar refractivity (Wildman–Crippen MR) is 92.9 cm³/mol. The van der Waals surface area contributed by atoms with Gasteiger partial charge in [-0.1, -0.05) is 0 Å². The maximum absolute atomic E-state index is 12.5. The molecule has 0 saturated carbocycles. The number of fused-ring (bicyclic) bond motifs is 3. The van der Waals surface area contributed by atoms with Crippen molar-refractivity contribution in [3.8, 4) is 11.1 Å². The van der Waals surface area contributed by atoms with Gasteiger partial charge in [0.25, 0.3) is 0 Å². The second-order valence-corrected chi connectivity index (χ2v) is 21.1. The molecule has 0 saturated heterocycles. The molecule has 0 bridgehead atoms. The van der Waals surface area contributed by atoms with E-state index in [0.717, 1.165) is 27.8 Å². The van der Waals surface area contributed by atoms with Gasteiger partial charge in [-0.05, 0) is 0 Å². The normalized spacial score (nSPS) is 13.4. The van der Waals surface area contributed by atoms with Crippen molar-refractivity contribution in [2.75, 3.05) is 7.11 Å². The van der Waals surface area contributed by atoms with E-state index in [4.69, 9.17) is 4.84 Å². The zero-order chi connectivity index (χ0) is 15.9. The molecule has 2 aromatic rings. The Kier molecular flexibility index (Phi) is 3.85. The molecule has 0 heterocycles. The van der Waals surface area contributed by atoms with Crippen LogP contribution in [0.25, 0.3) is 11.1 Å². The van der Waals surface area contributed by atoms with Crippen LogP contribution in [-0.2, 0) is 4.84 Å². The van der Waals surface area contributed by atoms with E-state index in [-0.39, 0.29) is 5.78 Å². The number of hydrogen-bond acceptors (Lipinski definition) is 3. The Morgan fingerprint density at radius 3 is 2.23 bits per heavy atom. The second-order valence-electron chi connectivity index (χ2n) is 6.56. The Labute approximate surface area is 134 Å². The summed E-state index contributed by atoms with van der Waals surface area (Å²) in [6.07, 6.45) is 1.66. The minimum absolute atomic E-state index is 0.121. The van der Waals surface area contributed by atoms with Gasteiger partial charge in [0.05, 0.1) is 0 Å². The molecule has 3 rings (SSSR count). The molecule has 1 aliphatic carbocycles. The fraction of sp³-hybridized carbons (Fsp3) is 0.222. The van der Waals surface area contributed by atoms with Crippen LogP contribution in [0.15, 0.2) is 41.6 Å². The zero-order valence-corrected chi connectivity index (χ0v) is 16.2. The summed E-state index contributed by atoms with van der Waals surface area (Å²) in [6.45, 7) is 0. The third kappa shape index (κ3) is 2.58. The van der Waals surface area contributed by atoms with Crippen LogP contribution < -0.4 is 3.58 Å². The molecule has 0 aromatic heterocycles. The average Bonchev–Trinajstić information content (AvgIpc) is 2.77. The van der Waals surface area contributed by atoms with Gasteiger partial charge in [-0.2, -0.15) is 0 Å². The first-order chi connectivity index (χ1) is 10.4. The van der Waals surface area contributed by atoms with Crippen molar-refractivity contribution in [1.29, 1.82) is 0 Å². The van der Waals surface area contributed by atoms with E-state index in [0.29, 0.717) is 0 Å². The van der Waals surface area contributed by atoms with Gasteiger partial charge in [0.2, 0.25) is 0 Å². The summed E-state index contributed by atoms with van der Waals surface area (Å²) in [5.41, 5.74) is 4.61. The zero-order valence-electron chi connectivity index (χ0n) is 13.3. The molecule has 0 aliphatic heterocycles. The SMILES string of the molecule is CO/N=C/c1ccc2c(c1)-c1c[c]([Sn]([CH3])([CH3])[CH3])ccc1C2=O. The maximum atomic E-state index is 12.5. The second kappa shape index (κ2) is 5.54. The topological polar surface area (TPSA) is 38.7 Å². The van der Waals surface area contributed by atoms with Crippen molar-refractivity contribution in [2.24, 2.45) is 5.16 Å². The third-order valence-electron chi connectivity index (χ3n) is 4.02. The predicted octanol–water partition coefficient (Wildman–Crippen LogP) is 3.42. The summed E-state index contributed by atoms with van der Waals surface area (Å²) in [5, 5.41) is 3.80. The first kappa shape index (κ1) is 15.3. The van der Waals surface area contributed by atoms with Gasteiger partial charge in [0, 0.05) is 0 Å². The van der Waals surface area contributed by atoms with Crippen LogP contribution in [0.5, 0.6) is 0 Å². The minimum atomic E-state index is -2.16.